The molecular formula is C14H15N3O2. The maximum Gasteiger partial charge on any atom is 0.249 e. The van der Waals surface area contributed by atoms with Gasteiger partial charge < -0.3 is 10.8 Å². The number of hydrogen-bond donors (Lipinski definition) is 2. The third-order valence-corrected chi connectivity index (χ3v) is 2.96. The first-order chi connectivity index (χ1) is 9.15. The maximum atomic E-state index is 11.6. The number of nitrogens with zero attached hydrogens (tertiary/aromatic N) is 2. The van der Waals surface area contributed by atoms with Crippen LogP contribution in [-0.4, -0.2) is 27.6 Å². The SMILES string of the molecule is C[C@H](CO)c1cccc(C(N)=O)c1-c1ncccn1. The van der Waals surface area contributed by atoms with E-state index in [0.29, 0.717) is 17.0 Å². The monoisotopic (exact) mass is 257 g/mol. The molecule has 0 aliphatic rings. The van der Waals surface area contributed by atoms with Gasteiger partial charge in [-0.1, -0.05) is 19.1 Å². The molecule has 3 N–H and O–H groups in total. The lowest BCUT2D eigenvalue weighted by atomic mass is 9.92. The molecule has 19 heavy (non-hydrogen) atoms. The molecule has 5 heteroatoms. The molecule has 0 unspecified atom stereocenters. The van der Waals surface area contributed by atoms with E-state index in [4.69, 9.17) is 5.73 Å². The second-order valence-corrected chi connectivity index (χ2v) is 4.29. The van der Waals surface area contributed by atoms with Crippen LogP contribution in [0.2, 0.25) is 0 Å². The molecule has 1 aromatic carbocycles. The van der Waals surface area contributed by atoms with Crippen molar-refractivity contribution in [3.8, 4) is 11.4 Å². The van der Waals surface area contributed by atoms with Crippen molar-refractivity contribution in [1.82, 2.24) is 9.97 Å². The Labute approximate surface area is 111 Å². The van der Waals surface area contributed by atoms with Gasteiger partial charge in [0.2, 0.25) is 5.91 Å². The Morgan fingerprint density at radius 2 is 2.00 bits per heavy atom. The van der Waals surface area contributed by atoms with Gasteiger partial charge in [0.05, 0.1) is 5.56 Å². The molecule has 1 amide bonds. The highest BCUT2D eigenvalue weighted by molar-refractivity contribution is 5.99. The third-order valence-electron chi connectivity index (χ3n) is 2.96. The van der Waals surface area contributed by atoms with Crippen LogP contribution in [0.5, 0.6) is 0 Å². The number of benzene rings is 1. The lowest BCUT2D eigenvalue weighted by molar-refractivity contribution is 0.100. The van der Waals surface area contributed by atoms with Crippen LogP contribution in [0.25, 0.3) is 11.4 Å². The Hall–Kier alpha value is -2.27. The second kappa shape index (κ2) is 5.58. The summed E-state index contributed by atoms with van der Waals surface area (Å²) in [6, 6.07) is 6.93. The normalized spacial score (nSPS) is 12.1. The van der Waals surface area contributed by atoms with Crippen molar-refractivity contribution >= 4 is 5.91 Å². The summed E-state index contributed by atoms with van der Waals surface area (Å²) in [7, 11) is 0. The molecular weight excluding hydrogens is 242 g/mol. The molecule has 0 aliphatic carbocycles. The number of primary amides is 1. The van der Waals surface area contributed by atoms with E-state index in [1.54, 1.807) is 30.6 Å². The van der Waals surface area contributed by atoms with Crippen molar-refractivity contribution < 1.29 is 9.90 Å². The molecule has 0 saturated heterocycles. The van der Waals surface area contributed by atoms with E-state index in [9.17, 15) is 9.90 Å². The van der Waals surface area contributed by atoms with E-state index in [1.807, 2.05) is 13.0 Å². The minimum absolute atomic E-state index is 0.0257. The van der Waals surface area contributed by atoms with Crippen LogP contribution in [0.4, 0.5) is 0 Å². The van der Waals surface area contributed by atoms with E-state index < -0.39 is 5.91 Å². The number of rotatable bonds is 4. The quantitative estimate of drug-likeness (QED) is 0.865. The fraction of sp³-hybridized carbons (Fsp3) is 0.214. The number of aliphatic hydroxyl groups is 1. The van der Waals surface area contributed by atoms with Crippen molar-refractivity contribution in [2.75, 3.05) is 6.61 Å². The molecule has 2 rings (SSSR count). The lowest BCUT2D eigenvalue weighted by Crippen LogP contribution is -2.15. The number of nitrogens with two attached hydrogens (primary N) is 1. The van der Waals surface area contributed by atoms with Crippen molar-refractivity contribution in [1.29, 1.82) is 0 Å². The predicted octanol–water partition coefficient (Wildman–Crippen LogP) is 1.34. The van der Waals surface area contributed by atoms with Crippen molar-refractivity contribution in [2.24, 2.45) is 5.73 Å². The molecule has 98 valence electrons. The van der Waals surface area contributed by atoms with E-state index in [1.165, 1.54) is 0 Å². The van der Waals surface area contributed by atoms with Crippen LogP contribution in [0.3, 0.4) is 0 Å². The summed E-state index contributed by atoms with van der Waals surface area (Å²) >= 11 is 0. The van der Waals surface area contributed by atoms with Gasteiger partial charge in [0.1, 0.15) is 0 Å². The molecule has 0 fully saturated rings. The van der Waals surface area contributed by atoms with Gasteiger partial charge >= 0.3 is 0 Å². The van der Waals surface area contributed by atoms with Crippen LogP contribution in [0, 0.1) is 0 Å². The number of carbonyl (C=O) groups is 1. The Morgan fingerprint density at radius 1 is 1.32 bits per heavy atom. The minimum Gasteiger partial charge on any atom is -0.396 e. The van der Waals surface area contributed by atoms with Gasteiger partial charge in [-0.2, -0.15) is 0 Å². The van der Waals surface area contributed by atoms with Gasteiger partial charge in [0, 0.05) is 30.5 Å². The Bertz CT molecular complexity index is 584. The molecule has 5 nitrogen and oxygen atoms in total. The molecule has 1 heterocycles. The Morgan fingerprint density at radius 3 is 2.58 bits per heavy atom. The highest BCUT2D eigenvalue weighted by Gasteiger charge is 2.19. The average Bonchev–Trinajstić information content (AvgIpc) is 2.46. The van der Waals surface area contributed by atoms with Crippen molar-refractivity contribution in [3.05, 3.63) is 47.8 Å². The summed E-state index contributed by atoms with van der Waals surface area (Å²) in [6.07, 6.45) is 3.21. The Balaban J connectivity index is 2.70. The largest absolute Gasteiger partial charge is 0.396 e. The topological polar surface area (TPSA) is 89.1 Å². The average molecular weight is 257 g/mol. The van der Waals surface area contributed by atoms with Gasteiger partial charge in [-0.05, 0) is 17.7 Å². The highest BCUT2D eigenvalue weighted by Crippen LogP contribution is 2.29. The molecule has 0 saturated carbocycles. The number of aromatic nitrogens is 2. The van der Waals surface area contributed by atoms with E-state index in [2.05, 4.69) is 9.97 Å². The number of amides is 1. The van der Waals surface area contributed by atoms with E-state index >= 15 is 0 Å². The zero-order chi connectivity index (χ0) is 13.8. The summed E-state index contributed by atoms with van der Waals surface area (Å²) in [5, 5.41) is 9.33. The summed E-state index contributed by atoms with van der Waals surface area (Å²) in [4.78, 5) is 19.9. The number of aliphatic hydroxyl groups excluding tert-OH is 1. The van der Waals surface area contributed by atoms with E-state index in [0.717, 1.165) is 5.56 Å². The molecule has 1 aromatic heterocycles. The second-order valence-electron chi connectivity index (χ2n) is 4.29. The van der Waals surface area contributed by atoms with Gasteiger partial charge in [0.15, 0.2) is 5.82 Å². The molecule has 0 bridgehead atoms. The first-order valence-electron chi connectivity index (χ1n) is 5.96. The summed E-state index contributed by atoms with van der Waals surface area (Å²) in [5.74, 6) is -0.222. The predicted molar refractivity (Wildman–Crippen MR) is 71.5 cm³/mol. The van der Waals surface area contributed by atoms with Crippen molar-refractivity contribution in [2.45, 2.75) is 12.8 Å². The van der Waals surface area contributed by atoms with Crippen LogP contribution in [0.1, 0.15) is 28.8 Å². The van der Waals surface area contributed by atoms with Gasteiger partial charge in [0.25, 0.3) is 0 Å². The fourth-order valence-electron chi connectivity index (χ4n) is 1.96. The molecule has 0 aliphatic heterocycles. The number of hydrogen-bond acceptors (Lipinski definition) is 4. The van der Waals surface area contributed by atoms with Crippen LogP contribution in [-0.2, 0) is 0 Å². The number of carbonyl (C=O) groups excluding carboxylic acids is 1. The standard InChI is InChI=1S/C14H15N3O2/c1-9(8-18)10-4-2-5-11(13(15)19)12(10)14-16-6-3-7-17-14/h2-7,9,18H,8H2,1H3,(H2,15,19)/t9-/m1/s1. The van der Waals surface area contributed by atoms with Crippen LogP contribution in [0.15, 0.2) is 36.7 Å². The maximum absolute atomic E-state index is 11.6. The summed E-state index contributed by atoms with van der Waals surface area (Å²) < 4.78 is 0. The Kier molecular flexibility index (Phi) is 3.87. The molecule has 0 spiro atoms. The van der Waals surface area contributed by atoms with Crippen LogP contribution >= 0.6 is 0 Å². The third kappa shape index (κ3) is 2.61. The summed E-state index contributed by atoms with van der Waals surface area (Å²) in [6.45, 7) is 1.84. The molecule has 2 aromatic rings. The smallest absolute Gasteiger partial charge is 0.249 e. The van der Waals surface area contributed by atoms with Gasteiger partial charge in [-0.3, -0.25) is 4.79 Å². The van der Waals surface area contributed by atoms with Gasteiger partial charge in [-0.15, -0.1) is 0 Å². The zero-order valence-electron chi connectivity index (χ0n) is 10.6. The van der Waals surface area contributed by atoms with E-state index in [-0.39, 0.29) is 12.5 Å². The highest BCUT2D eigenvalue weighted by atomic mass is 16.3. The molecule has 1 atom stereocenters. The fourth-order valence-corrected chi connectivity index (χ4v) is 1.96. The van der Waals surface area contributed by atoms with Crippen LogP contribution < -0.4 is 5.73 Å². The first kappa shape index (κ1) is 13.2. The van der Waals surface area contributed by atoms with Crippen molar-refractivity contribution in [3.63, 3.8) is 0 Å². The first-order valence-corrected chi connectivity index (χ1v) is 5.96. The lowest BCUT2D eigenvalue weighted by Gasteiger charge is -2.15. The summed E-state index contributed by atoms with van der Waals surface area (Å²) in [5.41, 5.74) is 7.17. The zero-order valence-corrected chi connectivity index (χ0v) is 10.6. The van der Waals surface area contributed by atoms with Gasteiger partial charge in [-0.25, -0.2) is 9.97 Å². The molecule has 0 radical (unpaired) electrons. The minimum atomic E-state index is -0.533.